The Balaban J connectivity index is 1.74. The molecule has 7 heteroatoms. The normalized spacial score (nSPS) is 19.1. The Bertz CT molecular complexity index is 1950. The Hall–Kier alpha value is -5.10. The Morgan fingerprint density at radius 1 is 0.596 bits per heavy atom. The van der Waals surface area contributed by atoms with Crippen LogP contribution in [0.5, 0.6) is 11.5 Å². The third-order valence-electron chi connectivity index (χ3n) is 8.32. The van der Waals surface area contributed by atoms with Crippen LogP contribution in [0.3, 0.4) is 0 Å². The third-order valence-corrected chi connectivity index (χ3v) is 8.82. The number of Topliss-reactive ketones (excluding diaryl/α,β-unsaturated/α-hetero) is 1. The van der Waals surface area contributed by atoms with Crippen molar-refractivity contribution in [3.63, 3.8) is 0 Å². The molecule has 1 aliphatic heterocycles. The minimum absolute atomic E-state index is 0.249. The number of hydrogen-bond donors (Lipinski definition) is 1. The summed E-state index contributed by atoms with van der Waals surface area (Å²) in [6, 6.07) is 39.2. The number of nitrogens with one attached hydrogen (secondary N) is 1. The van der Waals surface area contributed by atoms with E-state index in [-0.39, 0.29) is 11.7 Å². The molecule has 2 unspecified atom stereocenters. The summed E-state index contributed by atoms with van der Waals surface area (Å²) in [6.07, 6.45) is 1.56. The van der Waals surface area contributed by atoms with Gasteiger partial charge in [0.05, 0.1) is 20.1 Å². The van der Waals surface area contributed by atoms with Gasteiger partial charge in [-0.3, -0.25) is 9.59 Å². The second kappa shape index (κ2) is 14.1. The molecule has 5 nitrogen and oxygen atoms in total. The van der Waals surface area contributed by atoms with Crippen LogP contribution in [0.25, 0.3) is 11.1 Å². The van der Waals surface area contributed by atoms with E-state index in [0.717, 1.165) is 33.4 Å². The first kappa shape index (κ1) is 31.9. The molecule has 0 aromatic heterocycles. The van der Waals surface area contributed by atoms with Crippen LogP contribution in [0.4, 0.5) is 0 Å². The largest absolute Gasteiger partial charge is 0.497 e. The van der Waals surface area contributed by atoms with E-state index in [0.29, 0.717) is 32.7 Å². The van der Waals surface area contributed by atoms with E-state index in [2.05, 4.69) is 5.32 Å². The number of ketones is 1. The Morgan fingerprint density at radius 3 is 1.62 bits per heavy atom. The summed E-state index contributed by atoms with van der Waals surface area (Å²) in [5.74, 6) is -0.533. The van der Waals surface area contributed by atoms with Gasteiger partial charge in [-0.15, -0.1) is 0 Å². The second-order valence-electron chi connectivity index (χ2n) is 11.1. The fourth-order valence-electron chi connectivity index (χ4n) is 6.03. The first-order valence-electron chi connectivity index (χ1n) is 15.0. The summed E-state index contributed by atoms with van der Waals surface area (Å²) in [4.78, 5) is 29.0. The first-order valence-corrected chi connectivity index (χ1v) is 15.8. The van der Waals surface area contributed by atoms with Crippen molar-refractivity contribution in [2.24, 2.45) is 0 Å². The van der Waals surface area contributed by atoms with Crippen molar-refractivity contribution >= 4 is 46.0 Å². The van der Waals surface area contributed by atoms with Crippen LogP contribution < -0.4 is 14.8 Å². The molecule has 0 fully saturated rings. The zero-order valence-corrected chi connectivity index (χ0v) is 27.3. The van der Waals surface area contributed by atoms with Crippen LogP contribution in [0.15, 0.2) is 139 Å². The molecule has 0 spiro atoms. The smallest absolute Gasteiger partial charge is 0.235 e. The van der Waals surface area contributed by atoms with Gasteiger partial charge in [-0.25, -0.2) is 0 Å². The van der Waals surface area contributed by atoms with Crippen LogP contribution >= 0.6 is 23.2 Å². The van der Waals surface area contributed by atoms with E-state index in [1.807, 2.05) is 103 Å². The number of amides is 1. The quantitative estimate of drug-likeness (QED) is 0.169. The maximum atomic E-state index is 14.6. The fourth-order valence-corrected chi connectivity index (χ4v) is 6.28. The lowest BCUT2D eigenvalue weighted by Gasteiger charge is -2.33. The lowest BCUT2D eigenvalue weighted by molar-refractivity contribution is -0.120. The predicted molar refractivity (Wildman–Crippen MR) is 188 cm³/mol. The minimum atomic E-state index is -0.737. The highest BCUT2D eigenvalue weighted by Gasteiger charge is 2.37. The van der Waals surface area contributed by atoms with Crippen LogP contribution in [0.1, 0.15) is 44.4 Å². The van der Waals surface area contributed by atoms with Crippen molar-refractivity contribution in [3.8, 4) is 11.5 Å². The average molecular weight is 661 g/mol. The third kappa shape index (κ3) is 6.73. The zero-order chi connectivity index (χ0) is 32.9. The van der Waals surface area contributed by atoms with Gasteiger partial charge in [0.25, 0.3) is 0 Å². The van der Waals surface area contributed by atoms with E-state index in [9.17, 15) is 9.59 Å². The molecular weight excluding hydrogens is 629 g/mol. The van der Waals surface area contributed by atoms with E-state index in [1.54, 1.807) is 44.7 Å². The number of benzene rings is 5. The van der Waals surface area contributed by atoms with Gasteiger partial charge in [-0.05, 0) is 94.1 Å². The molecule has 5 aromatic rings. The summed E-state index contributed by atoms with van der Waals surface area (Å²) in [5.41, 5.74) is 5.60. The molecule has 1 amide bonds. The Morgan fingerprint density at radius 2 is 1.06 bits per heavy atom. The zero-order valence-electron chi connectivity index (χ0n) is 25.7. The van der Waals surface area contributed by atoms with E-state index >= 15 is 0 Å². The molecule has 0 bridgehead atoms. The number of halogens is 2. The van der Waals surface area contributed by atoms with E-state index < -0.39 is 11.8 Å². The summed E-state index contributed by atoms with van der Waals surface area (Å²) in [6.45, 7) is 0. The number of allylic oxidation sites excluding steroid dienone is 2. The summed E-state index contributed by atoms with van der Waals surface area (Å²) < 4.78 is 11.0. The van der Waals surface area contributed by atoms with Crippen LogP contribution in [0, 0.1) is 0 Å². The van der Waals surface area contributed by atoms with Crippen LogP contribution in [0.2, 0.25) is 10.0 Å². The van der Waals surface area contributed by atoms with Crippen molar-refractivity contribution in [1.82, 2.24) is 5.32 Å². The number of carbonyl (C=O) groups excluding carboxylic acids is 2. The van der Waals surface area contributed by atoms with Gasteiger partial charge in [0.2, 0.25) is 5.91 Å². The topological polar surface area (TPSA) is 64.6 Å². The number of ether oxygens (including phenoxy) is 2. The summed E-state index contributed by atoms with van der Waals surface area (Å²) >= 11 is 12.6. The summed E-state index contributed by atoms with van der Waals surface area (Å²) in [5, 5.41) is 4.10. The minimum Gasteiger partial charge on any atom is -0.497 e. The van der Waals surface area contributed by atoms with Gasteiger partial charge in [0.15, 0.2) is 5.78 Å². The van der Waals surface area contributed by atoms with Gasteiger partial charge in [0.1, 0.15) is 11.5 Å². The molecule has 47 heavy (non-hydrogen) atoms. The van der Waals surface area contributed by atoms with Gasteiger partial charge in [0, 0.05) is 33.3 Å². The standard InChI is InChI=1S/C40H31Cl2NO4/c1-46-32-20-12-26(13-21-32)35-34(39(44)29-10-18-31(42)19-11-29)24-43-40(45)38(25-6-4-3-5-7-25)37(28-14-22-33(47-2)23-15-28)36(35)27-8-16-30(41)17-9-27/h3-24,35,38H,1-2H3,(H,43,45)/b34-24+,37-36-. The van der Waals surface area contributed by atoms with Gasteiger partial charge < -0.3 is 14.8 Å². The van der Waals surface area contributed by atoms with E-state index in [1.165, 1.54) is 0 Å². The van der Waals surface area contributed by atoms with Gasteiger partial charge in [-0.2, -0.15) is 0 Å². The molecule has 1 aliphatic rings. The van der Waals surface area contributed by atoms with Crippen LogP contribution in [-0.2, 0) is 4.79 Å². The molecule has 5 aromatic carbocycles. The molecule has 1 N–H and O–H groups in total. The Kier molecular flexibility index (Phi) is 9.58. The lowest BCUT2D eigenvalue weighted by atomic mass is 9.71. The molecule has 0 saturated heterocycles. The maximum absolute atomic E-state index is 14.6. The molecular formula is C40H31Cl2NO4. The SMILES string of the molecule is COc1ccc(/C2=C(\c3ccc(Cl)cc3)C(c3ccc(OC)cc3)/C(C(=O)c3ccc(Cl)cc3)=C\NC(=O)C2c2ccccc2)cc1. The lowest BCUT2D eigenvalue weighted by Crippen LogP contribution is -2.31. The number of hydrogen-bond acceptors (Lipinski definition) is 4. The number of methoxy groups -OCH3 is 2. The average Bonchev–Trinajstić information content (AvgIpc) is 3.11. The molecule has 0 saturated carbocycles. The van der Waals surface area contributed by atoms with Gasteiger partial charge >= 0.3 is 0 Å². The van der Waals surface area contributed by atoms with Crippen molar-refractivity contribution in [3.05, 3.63) is 177 Å². The molecule has 2 atom stereocenters. The second-order valence-corrected chi connectivity index (χ2v) is 11.9. The number of rotatable bonds is 8. The van der Waals surface area contributed by atoms with E-state index in [4.69, 9.17) is 32.7 Å². The highest BCUT2D eigenvalue weighted by Crippen LogP contribution is 2.49. The van der Waals surface area contributed by atoms with Crippen molar-refractivity contribution in [2.75, 3.05) is 14.2 Å². The van der Waals surface area contributed by atoms with Crippen molar-refractivity contribution in [2.45, 2.75) is 11.8 Å². The molecule has 234 valence electrons. The molecule has 0 radical (unpaired) electrons. The predicted octanol–water partition coefficient (Wildman–Crippen LogP) is 9.39. The first-order chi connectivity index (χ1) is 22.9. The van der Waals surface area contributed by atoms with Crippen LogP contribution in [-0.4, -0.2) is 25.9 Å². The molecule has 0 aliphatic carbocycles. The van der Waals surface area contributed by atoms with Gasteiger partial charge in [-0.1, -0.05) is 89.9 Å². The fraction of sp³-hybridized carbons (Fsp3) is 0.100. The van der Waals surface area contributed by atoms with Crippen molar-refractivity contribution < 1.29 is 19.1 Å². The maximum Gasteiger partial charge on any atom is 0.235 e. The highest BCUT2D eigenvalue weighted by molar-refractivity contribution is 6.31. The number of carbonyl (C=O) groups is 2. The molecule has 1 heterocycles. The monoisotopic (exact) mass is 659 g/mol. The molecule has 6 rings (SSSR count). The summed E-state index contributed by atoms with van der Waals surface area (Å²) in [7, 11) is 3.23. The Labute approximate surface area is 284 Å². The highest BCUT2D eigenvalue weighted by atomic mass is 35.5. The van der Waals surface area contributed by atoms with Crippen molar-refractivity contribution in [1.29, 1.82) is 0 Å².